The van der Waals surface area contributed by atoms with Gasteiger partial charge in [0.25, 0.3) is 5.79 Å². The molecule has 24 heavy (non-hydrogen) atoms. The molecule has 5 nitrogen and oxygen atoms in total. The molecule has 134 valence electrons. The Morgan fingerprint density at radius 3 is 2.96 bits per heavy atom. The quantitative estimate of drug-likeness (QED) is 0.581. The van der Waals surface area contributed by atoms with Gasteiger partial charge >= 0.3 is 5.97 Å². The summed E-state index contributed by atoms with van der Waals surface area (Å²) < 4.78 is 15.9. The molecule has 0 amide bonds. The number of carbonyl (C=O) groups is 1. The van der Waals surface area contributed by atoms with Crippen LogP contribution in [0, 0.1) is 5.92 Å². The van der Waals surface area contributed by atoms with Crippen LogP contribution in [0.4, 0.5) is 0 Å². The fraction of sp³-hybridized carbons (Fsp3) is 0.722. The summed E-state index contributed by atoms with van der Waals surface area (Å²) in [6.45, 7) is 6.20. The van der Waals surface area contributed by atoms with Crippen molar-refractivity contribution >= 4 is 17.3 Å². The fourth-order valence-electron chi connectivity index (χ4n) is 3.38. The molecule has 0 aromatic carbocycles. The smallest absolute Gasteiger partial charge is 0.366 e. The summed E-state index contributed by atoms with van der Waals surface area (Å²) >= 11 is 1.89. The Hall–Kier alpha value is -0.950. The summed E-state index contributed by atoms with van der Waals surface area (Å²) in [7, 11) is 1.35. The highest BCUT2D eigenvalue weighted by Gasteiger charge is 2.41. The molecular formula is C18H27NO4S. The number of ether oxygens (including phenoxy) is 3. The van der Waals surface area contributed by atoms with Gasteiger partial charge in [0.2, 0.25) is 0 Å². The molecule has 0 N–H and O–H groups in total. The molecule has 3 heterocycles. The number of unbranched alkanes of at least 4 members (excludes halogenated alkanes) is 1. The summed E-state index contributed by atoms with van der Waals surface area (Å²) in [6.07, 6.45) is 4.64. The maximum Gasteiger partial charge on any atom is 0.366 e. The van der Waals surface area contributed by atoms with Gasteiger partial charge < -0.3 is 14.2 Å². The van der Waals surface area contributed by atoms with E-state index in [4.69, 9.17) is 14.2 Å². The van der Waals surface area contributed by atoms with E-state index in [9.17, 15) is 4.79 Å². The number of fused-ring (bicyclic) bond motifs is 1. The lowest BCUT2D eigenvalue weighted by atomic mass is 10.0. The van der Waals surface area contributed by atoms with Crippen LogP contribution in [0.15, 0.2) is 11.4 Å². The zero-order valence-electron chi connectivity index (χ0n) is 14.6. The highest BCUT2D eigenvalue weighted by Crippen LogP contribution is 2.26. The van der Waals surface area contributed by atoms with E-state index < -0.39 is 11.8 Å². The van der Waals surface area contributed by atoms with Crippen LogP contribution in [0.5, 0.6) is 0 Å². The van der Waals surface area contributed by atoms with Crippen molar-refractivity contribution < 1.29 is 19.0 Å². The van der Waals surface area contributed by atoms with E-state index in [2.05, 4.69) is 16.3 Å². The molecule has 1 aromatic rings. The van der Waals surface area contributed by atoms with Crippen molar-refractivity contribution in [1.82, 2.24) is 4.90 Å². The SMILES string of the molecule is COC(=O)C1(C)OCC(CCCCN2CCc3sccc3C2)CO1. The number of carbonyl (C=O) groups excluding carboxylic acids is 1. The van der Waals surface area contributed by atoms with Gasteiger partial charge in [-0.05, 0) is 42.8 Å². The Bertz CT molecular complexity index is 551. The van der Waals surface area contributed by atoms with E-state index in [0.29, 0.717) is 19.1 Å². The molecule has 0 unspecified atom stereocenters. The molecule has 3 rings (SSSR count). The maximum absolute atomic E-state index is 11.6. The third kappa shape index (κ3) is 4.17. The summed E-state index contributed by atoms with van der Waals surface area (Å²) in [6, 6.07) is 2.27. The molecule has 1 saturated heterocycles. The fourth-order valence-corrected chi connectivity index (χ4v) is 4.27. The van der Waals surface area contributed by atoms with Gasteiger partial charge in [-0.3, -0.25) is 4.90 Å². The number of hydrogen-bond donors (Lipinski definition) is 0. The minimum atomic E-state index is -1.22. The second kappa shape index (κ2) is 7.95. The van der Waals surface area contributed by atoms with Gasteiger partial charge in [-0.15, -0.1) is 11.3 Å². The molecule has 0 atom stereocenters. The first-order valence-corrected chi connectivity index (χ1v) is 9.62. The first-order chi connectivity index (χ1) is 11.6. The predicted molar refractivity (Wildman–Crippen MR) is 93.0 cm³/mol. The Kier molecular flexibility index (Phi) is 5.92. The first-order valence-electron chi connectivity index (χ1n) is 8.74. The number of rotatable bonds is 6. The summed E-state index contributed by atoms with van der Waals surface area (Å²) in [4.78, 5) is 15.7. The van der Waals surface area contributed by atoms with Gasteiger partial charge in [-0.2, -0.15) is 0 Å². The van der Waals surface area contributed by atoms with E-state index in [-0.39, 0.29) is 0 Å². The molecule has 2 aliphatic heterocycles. The molecule has 1 fully saturated rings. The van der Waals surface area contributed by atoms with Crippen molar-refractivity contribution in [2.45, 2.75) is 44.9 Å². The van der Waals surface area contributed by atoms with Crippen LogP contribution < -0.4 is 0 Å². The second-order valence-corrected chi connectivity index (χ2v) is 7.82. The topological polar surface area (TPSA) is 48.0 Å². The Balaban J connectivity index is 1.32. The zero-order valence-corrected chi connectivity index (χ0v) is 15.4. The van der Waals surface area contributed by atoms with E-state index in [0.717, 1.165) is 19.5 Å². The molecule has 0 saturated carbocycles. The highest BCUT2D eigenvalue weighted by atomic mass is 32.1. The number of hydrogen-bond acceptors (Lipinski definition) is 6. The van der Waals surface area contributed by atoms with Crippen molar-refractivity contribution in [3.8, 4) is 0 Å². The van der Waals surface area contributed by atoms with E-state index in [1.165, 1.54) is 38.5 Å². The van der Waals surface area contributed by atoms with Crippen LogP contribution >= 0.6 is 11.3 Å². The van der Waals surface area contributed by atoms with Crippen LogP contribution in [0.1, 0.15) is 36.6 Å². The molecular weight excluding hydrogens is 326 g/mol. The van der Waals surface area contributed by atoms with E-state index >= 15 is 0 Å². The van der Waals surface area contributed by atoms with Crippen LogP contribution in [-0.4, -0.2) is 50.1 Å². The highest BCUT2D eigenvalue weighted by molar-refractivity contribution is 7.10. The average molecular weight is 353 g/mol. The number of esters is 1. The Labute approximate surface area is 147 Å². The lowest BCUT2D eigenvalue weighted by molar-refractivity contribution is -0.272. The monoisotopic (exact) mass is 353 g/mol. The van der Waals surface area contributed by atoms with Crippen molar-refractivity contribution in [2.24, 2.45) is 5.92 Å². The van der Waals surface area contributed by atoms with Crippen molar-refractivity contribution in [1.29, 1.82) is 0 Å². The molecule has 0 bridgehead atoms. The largest absolute Gasteiger partial charge is 0.465 e. The average Bonchev–Trinajstić information content (AvgIpc) is 3.07. The van der Waals surface area contributed by atoms with Crippen LogP contribution in [0.25, 0.3) is 0 Å². The normalized spacial score (nSPS) is 27.7. The molecule has 6 heteroatoms. The van der Waals surface area contributed by atoms with Gasteiger partial charge in [0.05, 0.1) is 20.3 Å². The predicted octanol–water partition coefficient (Wildman–Crippen LogP) is 2.83. The first kappa shape index (κ1) is 17.9. The Morgan fingerprint density at radius 2 is 2.21 bits per heavy atom. The van der Waals surface area contributed by atoms with Crippen LogP contribution in [-0.2, 0) is 32.0 Å². The van der Waals surface area contributed by atoms with Gasteiger partial charge in [0, 0.05) is 30.8 Å². The van der Waals surface area contributed by atoms with Gasteiger partial charge in [0.15, 0.2) is 0 Å². The van der Waals surface area contributed by atoms with Crippen molar-refractivity contribution in [2.75, 3.05) is 33.4 Å². The second-order valence-electron chi connectivity index (χ2n) is 6.82. The summed E-state index contributed by atoms with van der Waals surface area (Å²) in [5.41, 5.74) is 1.52. The molecule has 0 radical (unpaired) electrons. The van der Waals surface area contributed by atoms with Gasteiger partial charge in [-0.1, -0.05) is 6.42 Å². The number of thiophene rings is 1. The molecule has 2 aliphatic rings. The van der Waals surface area contributed by atoms with E-state index in [1.807, 2.05) is 11.3 Å². The third-order valence-corrected chi connectivity index (χ3v) is 5.99. The van der Waals surface area contributed by atoms with Gasteiger partial charge in [-0.25, -0.2) is 4.79 Å². The van der Waals surface area contributed by atoms with Crippen LogP contribution in [0.2, 0.25) is 0 Å². The summed E-state index contributed by atoms with van der Waals surface area (Å²) in [5.74, 6) is -1.32. The minimum absolute atomic E-state index is 0.368. The van der Waals surface area contributed by atoms with Crippen LogP contribution in [0.3, 0.4) is 0 Å². The maximum atomic E-state index is 11.6. The lowest BCUT2D eigenvalue weighted by Crippen LogP contribution is -2.48. The van der Waals surface area contributed by atoms with Crippen molar-refractivity contribution in [3.63, 3.8) is 0 Å². The summed E-state index contributed by atoms with van der Waals surface area (Å²) in [5, 5.41) is 2.21. The standard InChI is InChI=1S/C18H27NO4S/c1-18(17(20)21-2)22-12-14(13-23-18)5-3-4-8-19-9-6-16-15(11-19)7-10-24-16/h7,10,14H,3-6,8-9,11-13H2,1-2H3. The van der Waals surface area contributed by atoms with Crippen molar-refractivity contribution in [3.05, 3.63) is 21.9 Å². The third-order valence-electron chi connectivity index (χ3n) is 4.97. The van der Waals surface area contributed by atoms with E-state index in [1.54, 1.807) is 11.8 Å². The molecule has 1 aromatic heterocycles. The van der Waals surface area contributed by atoms with Gasteiger partial charge in [0.1, 0.15) is 0 Å². The lowest BCUT2D eigenvalue weighted by Gasteiger charge is -2.35. The zero-order chi connectivity index (χ0) is 17.0. The Morgan fingerprint density at radius 1 is 1.42 bits per heavy atom. The molecule has 0 aliphatic carbocycles. The number of methoxy groups -OCH3 is 1. The minimum Gasteiger partial charge on any atom is -0.465 e. The molecule has 0 spiro atoms. The number of nitrogens with zero attached hydrogens (tertiary/aromatic N) is 1.